The van der Waals surface area contributed by atoms with Gasteiger partial charge in [0.2, 0.25) is 0 Å². The number of aromatic nitrogens is 2. The van der Waals surface area contributed by atoms with Crippen LogP contribution in [-0.4, -0.2) is 22.0 Å². The molecule has 0 radical (unpaired) electrons. The predicted molar refractivity (Wildman–Crippen MR) is 77.4 cm³/mol. The minimum atomic E-state index is -0.755. The first-order valence-corrected chi connectivity index (χ1v) is 6.91. The Hall–Kier alpha value is -1.33. The Kier molecular flexibility index (Phi) is 4.27. The Bertz CT molecular complexity index is 559. The lowest BCUT2D eigenvalue weighted by atomic mass is 10.0. The molecular formula is C14H17BrN2O2. The van der Waals surface area contributed by atoms with Crippen molar-refractivity contribution in [3.8, 4) is 5.75 Å². The van der Waals surface area contributed by atoms with Gasteiger partial charge in [-0.1, -0.05) is 28.1 Å². The maximum absolute atomic E-state index is 10.6. The third-order valence-electron chi connectivity index (χ3n) is 3.13. The SMILES string of the molecule is CCn1ncc(OC)c1C(O)c1ccc(C)c(Br)c1. The minimum Gasteiger partial charge on any atom is -0.493 e. The van der Waals surface area contributed by atoms with E-state index in [2.05, 4.69) is 21.0 Å². The molecule has 0 spiro atoms. The molecule has 1 atom stereocenters. The molecule has 0 bridgehead atoms. The van der Waals surface area contributed by atoms with Crippen LogP contribution in [0.5, 0.6) is 5.75 Å². The van der Waals surface area contributed by atoms with Crippen molar-refractivity contribution in [2.75, 3.05) is 7.11 Å². The Morgan fingerprint density at radius 1 is 1.47 bits per heavy atom. The van der Waals surface area contributed by atoms with E-state index in [0.717, 1.165) is 15.6 Å². The summed E-state index contributed by atoms with van der Waals surface area (Å²) in [4.78, 5) is 0. The number of hydrogen-bond acceptors (Lipinski definition) is 3. The molecule has 5 heteroatoms. The van der Waals surface area contributed by atoms with E-state index in [-0.39, 0.29) is 0 Å². The molecular weight excluding hydrogens is 308 g/mol. The summed E-state index contributed by atoms with van der Waals surface area (Å²) in [5.74, 6) is 0.603. The van der Waals surface area contributed by atoms with Crippen molar-refractivity contribution < 1.29 is 9.84 Å². The highest BCUT2D eigenvalue weighted by molar-refractivity contribution is 9.10. The van der Waals surface area contributed by atoms with Gasteiger partial charge in [-0.05, 0) is 31.0 Å². The first-order valence-electron chi connectivity index (χ1n) is 6.12. The summed E-state index contributed by atoms with van der Waals surface area (Å²) >= 11 is 3.48. The number of halogens is 1. The van der Waals surface area contributed by atoms with Gasteiger partial charge in [0.15, 0.2) is 5.75 Å². The molecule has 4 nitrogen and oxygen atoms in total. The fourth-order valence-corrected chi connectivity index (χ4v) is 2.40. The average molecular weight is 325 g/mol. The van der Waals surface area contributed by atoms with Crippen LogP contribution < -0.4 is 4.74 Å². The van der Waals surface area contributed by atoms with Crippen LogP contribution >= 0.6 is 15.9 Å². The van der Waals surface area contributed by atoms with Gasteiger partial charge in [-0.3, -0.25) is 4.68 Å². The fraction of sp³-hybridized carbons (Fsp3) is 0.357. The van der Waals surface area contributed by atoms with Crippen molar-refractivity contribution in [3.05, 3.63) is 45.7 Å². The molecule has 0 aliphatic heterocycles. The lowest BCUT2D eigenvalue weighted by molar-refractivity contribution is 0.202. The van der Waals surface area contributed by atoms with Gasteiger partial charge >= 0.3 is 0 Å². The molecule has 0 aliphatic rings. The molecule has 1 unspecified atom stereocenters. The van der Waals surface area contributed by atoms with E-state index in [1.807, 2.05) is 32.0 Å². The molecule has 0 saturated heterocycles. The first-order chi connectivity index (χ1) is 9.08. The summed E-state index contributed by atoms with van der Waals surface area (Å²) in [6, 6.07) is 5.81. The Labute approximate surface area is 121 Å². The zero-order valence-corrected chi connectivity index (χ0v) is 12.8. The lowest BCUT2D eigenvalue weighted by Gasteiger charge is -2.15. The standard InChI is InChI=1S/C14H17BrN2O2/c1-4-17-13(12(19-3)8-16-17)14(18)10-6-5-9(2)11(15)7-10/h5-8,14,18H,4H2,1-3H3. The largest absolute Gasteiger partial charge is 0.493 e. The van der Waals surface area contributed by atoms with E-state index in [4.69, 9.17) is 4.74 Å². The van der Waals surface area contributed by atoms with E-state index in [1.54, 1.807) is 18.0 Å². The van der Waals surface area contributed by atoms with Crippen molar-refractivity contribution in [3.63, 3.8) is 0 Å². The van der Waals surface area contributed by atoms with Gasteiger partial charge in [-0.2, -0.15) is 5.10 Å². The normalized spacial score (nSPS) is 12.5. The summed E-state index contributed by atoms with van der Waals surface area (Å²) in [5.41, 5.74) is 2.62. The smallest absolute Gasteiger partial charge is 0.163 e. The Balaban J connectivity index is 2.45. The topological polar surface area (TPSA) is 47.3 Å². The molecule has 0 amide bonds. The molecule has 0 aliphatic carbocycles. The molecule has 2 aromatic rings. The molecule has 19 heavy (non-hydrogen) atoms. The van der Waals surface area contributed by atoms with Crippen LogP contribution in [0.2, 0.25) is 0 Å². The fourth-order valence-electron chi connectivity index (χ4n) is 2.00. The van der Waals surface area contributed by atoms with Crippen molar-refractivity contribution in [1.29, 1.82) is 0 Å². The van der Waals surface area contributed by atoms with Crippen molar-refractivity contribution >= 4 is 15.9 Å². The van der Waals surface area contributed by atoms with Crippen molar-refractivity contribution in [2.45, 2.75) is 26.5 Å². The van der Waals surface area contributed by atoms with E-state index in [0.29, 0.717) is 18.0 Å². The molecule has 0 fully saturated rings. The van der Waals surface area contributed by atoms with E-state index in [9.17, 15) is 5.11 Å². The summed E-state index contributed by atoms with van der Waals surface area (Å²) in [6.07, 6.45) is 0.875. The number of benzene rings is 1. The average Bonchev–Trinajstić information content (AvgIpc) is 2.83. The van der Waals surface area contributed by atoms with Gasteiger partial charge in [0.05, 0.1) is 13.3 Å². The second-order valence-electron chi connectivity index (χ2n) is 4.33. The van der Waals surface area contributed by atoms with Gasteiger partial charge in [0.1, 0.15) is 11.8 Å². The number of aliphatic hydroxyl groups is 1. The number of aryl methyl sites for hydroxylation is 2. The number of ether oxygens (including phenoxy) is 1. The number of methoxy groups -OCH3 is 1. The molecule has 0 saturated carbocycles. The molecule has 1 aromatic carbocycles. The zero-order chi connectivity index (χ0) is 14.0. The molecule has 2 rings (SSSR count). The third-order valence-corrected chi connectivity index (χ3v) is 3.99. The molecule has 1 heterocycles. The highest BCUT2D eigenvalue weighted by Crippen LogP contribution is 2.31. The summed E-state index contributed by atoms with van der Waals surface area (Å²) in [5, 5.41) is 14.8. The van der Waals surface area contributed by atoms with Crippen LogP contribution in [0.1, 0.15) is 29.8 Å². The van der Waals surface area contributed by atoms with Crippen LogP contribution in [0.25, 0.3) is 0 Å². The van der Waals surface area contributed by atoms with Gasteiger partial charge < -0.3 is 9.84 Å². The number of rotatable bonds is 4. The highest BCUT2D eigenvalue weighted by atomic mass is 79.9. The van der Waals surface area contributed by atoms with Crippen molar-refractivity contribution in [1.82, 2.24) is 9.78 Å². The Morgan fingerprint density at radius 3 is 2.79 bits per heavy atom. The van der Waals surface area contributed by atoms with Gasteiger partial charge in [0.25, 0.3) is 0 Å². The summed E-state index contributed by atoms with van der Waals surface area (Å²) < 4.78 is 7.99. The Morgan fingerprint density at radius 2 is 2.21 bits per heavy atom. The predicted octanol–water partition coefficient (Wildman–Crippen LogP) is 3.06. The maximum Gasteiger partial charge on any atom is 0.163 e. The lowest BCUT2D eigenvalue weighted by Crippen LogP contribution is -2.10. The number of aliphatic hydroxyl groups excluding tert-OH is 1. The highest BCUT2D eigenvalue weighted by Gasteiger charge is 2.21. The summed E-state index contributed by atoms with van der Waals surface area (Å²) in [7, 11) is 1.58. The van der Waals surface area contributed by atoms with E-state index in [1.165, 1.54) is 0 Å². The number of nitrogens with zero attached hydrogens (tertiary/aromatic N) is 2. The first kappa shape index (κ1) is 14.1. The van der Waals surface area contributed by atoms with Crippen LogP contribution in [-0.2, 0) is 6.54 Å². The van der Waals surface area contributed by atoms with Gasteiger partial charge in [-0.15, -0.1) is 0 Å². The molecule has 102 valence electrons. The molecule has 1 N–H and O–H groups in total. The minimum absolute atomic E-state index is 0.603. The maximum atomic E-state index is 10.6. The van der Waals surface area contributed by atoms with Crippen LogP contribution in [0.4, 0.5) is 0 Å². The second kappa shape index (κ2) is 5.75. The van der Waals surface area contributed by atoms with Crippen LogP contribution in [0, 0.1) is 6.92 Å². The second-order valence-corrected chi connectivity index (χ2v) is 5.18. The van der Waals surface area contributed by atoms with Gasteiger partial charge in [-0.25, -0.2) is 0 Å². The van der Waals surface area contributed by atoms with E-state index < -0.39 is 6.10 Å². The van der Waals surface area contributed by atoms with Crippen molar-refractivity contribution in [2.24, 2.45) is 0 Å². The number of hydrogen-bond donors (Lipinski definition) is 1. The van der Waals surface area contributed by atoms with Crippen LogP contribution in [0.15, 0.2) is 28.9 Å². The van der Waals surface area contributed by atoms with Crippen LogP contribution in [0.3, 0.4) is 0 Å². The quantitative estimate of drug-likeness (QED) is 0.940. The van der Waals surface area contributed by atoms with E-state index >= 15 is 0 Å². The third kappa shape index (κ3) is 2.67. The monoisotopic (exact) mass is 324 g/mol. The summed E-state index contributed by atoms with van der Waals surface area (Å²) in [6.45, 7) is 4.67. The molecule has 1 aromatic heterocycles. The van der Waals surface area contributed by atoms with Gasteiger partial charge in [0, 0.05) is 11.0 Å². The zero-order valence-electron chi connectivity index (χ0n) is 11.2.